The molecule has 1 aromatic carbocycles. The van der Waals surface area contributed by atoms with E-state index in [1.165, 1.54) is 6.08 Å². The van der Waals surface area contributed by atoms with Gasteiger partial charge in [0.05, 0.1) is 0 Å². The van der Waals surface area contributed by atoms with E-state index < -0.39 is 0 Å². The van der Waals surface area contributed by atoms with Gasteiger partial charge < -0.3 is 21.7 Å². The molecule has 1 aromatic rings. The second kappa shape index (κ2) is 9.05. The lowest BCUT2D eigenvalue weighted by Crippen LogP contribution is -2.29. The second-order valence-electron chi connectivity index (χ2n) is 5.35. The number of benzene rings is 1. The molecule has 2 rings (SSSR count). The van der Waals surface area contributed by atoms with Crippen molar-refractivity contribution < 1.29 is 9.59 Å². The highest BCUT2D eigenvalue weighted by molar-refractivity contribution is 5.92. The van der Waals surface area contributed by atoms with Crippen molar-refractivity contribution in [2.24, 2.45) is 0 Å². The Kier molecular flexibility index (Phi) is 7.41. The number of nitrogen functional groups attached to an aromatic ring is 2. The summed E-state index contributed by atoms with van der Waals surface area (Å²) in [4.78, 5) is 25.0. The number of likely N-dealkylation sites (tertiary alicyclic amines) is 1. The minimum absolute atomic E-state index is 0. The van der Waals surface area contributed by atoms with Gasteiger partial charge in [-0.15, -0.1) is 12.4 Å². The Hall–Kier alpha value is -2.21. The molecule has 126 valence electrons. The SMILES string of the molecule is Cl.Nc1ccc(N)c(C=CC(=O)NCCCN2CCCC2=O)c1. The van der Waals surface area contributed by atoms with Crippen LogP contribution in [0.15, 0.2) is 24.3 Å². The van der Waals surface area contributed by atoms with Gasteiger partial charge in [0.15, 0.2) is 0 Å². The van der Waals surface area contributed by atoms with Crippen LogP contribution < -0.4 is 16.8 Å². The molecule has 0 saturated carbocycles. The molecule has 6 nitrogen and oxygen atoms in total. The molecule has 1 heterocycles. The van der Waals surface area contributed by atoms with E-state index in [1.54, 1.807) is 24.3 Å². The van der Waals surface area contributed by atoms with Crippen molar-refractivity contribution in [2.45, 2.75) is 19.3 Å². The summed E-state index contributed by atoms with van der Waals surface area (Å²) in [6.45, 7) is 2.08. The Labute approximate surface area is 142 Å². The third-order valence-corrected chi connectivity index (χ3v) is 3.60. The lowest BCUT2D eigenvalue weighted by Gasteiger charge is -2.14. The molecule has 0 bridgehead atoms. The normalized spacial score (nSPS) is 14.1. The molecule has 0 unspecified atom stereocenters. The summed E-state index contributed by atoms with van der Waals surface area (Å²) in [6, 6.07) is 5.14. The fourth-order valence-corrected chi connectivity index (χ4v) is 2.38. The van der Waals surface area contributed by atoms with Crippen LogP contribution in [0.1, 0.15) is 24.8 Å². The van der Waals surface area contributed by atoms with Crippen molar-refractivity contribution in [3.05, 3.63) is 29.8 Å². The molecular weight excluding hydrogens is 316 g/mol. The van der Waals surface area contributed by atoms with Crippen molar-refractivity contribution in [1.29, 1.82) is 0 Å². The summed E-state index contributed by atoms with van der Waals surface area (Å²) in [7, 11) is 0. The van der Waals surface area contributed by atoms with Gasteiger partial charge in [0.2, 0.25) is 11.8 Å². The summed E-state index contributed by atoms with van der Waals surface area (Å²) in [5.74, 6) is 0.0259. The standard InChI is InChI=1S/C16H22N4O2.ClH/c17-13-5-6-14(18)12(11-13)4-7-15(21)19-8-2-10-20-9-1-3-16(20)22;/h4-7,11H,1-3,8-10,17-18H2,(H,19,21);1H. The smallest absolute Gasteiger partial charge is 0.244 e. The number of anilines is 2. The Morgan fingerprint density at radius 1 is 1.35 bits per heavy atom. The molecule has 0 atom stereocenters. The molecule has 0 radical (unpaired) electrons. The third kappa shape index (κ3) is 5.83. The first kappa shape index (κ1) is 18.8. The first-order valence-corrected chi connectivity index (χ1v) is 7.45. The van der Waals surface area contributed by atoms with Gasteiger partial charge in [0.1, 0.15) is 0 Å². The van der Waals surface area contributed by atoms with Crippen LogP contribution in [0.25, 0.3) is 6.08 Å². The number of carbonyl (C=O) groups is 2. The summed E-state index contributed by atoms with van der Waals surface area (Å²) in [5, 5.41) is 2.79. The van der Waals surface area contributed by atoms with E-state index in [2.05, 4.69) is 5.32 Å². The molecule has 7 heteroatoms. The molecule has 1 aliphatic rings. The number of hydrogen-bond acceptors (Lipinski definition) is 4. The summed E-state index contributed by atoms with van der Waals surface area (Å²) in [5.41, 5.74) is 13.4. The third-order valence-electron chi connectivity index (χ3n) is 3.60. The van der Waals surface area contributed by atoms with E-state index in [9.17, 15) is 9.59 Å². The molecule has 0 aliphatic carbocycles. The van der Waals surface area contributed by atoms with Crippen LogP contribution in [0.3, 0.4) is 0 Å². The molecule has 2 amide bonds. The van der Waals surface area contributed by atoms with E-state index in [1.807, 2.05) is 4.90 Å². The molecule has 23 heavy (non-hydrogen) atoms. The maximum atomic E-state index is 11.7. The minimum Gasteiger partial charge on any atom is -0.399 e. The highest BCUT2D eigenvalue weighted by atomic mass is 35.5. The van der Waals surface area contributed by atoms with Gasteiger partial charge >= 0.3 is 0 Å². The first-order chi connectivity index (χ1) is 10.6. The molecule has 1 aliphatic heterocycles. The van der Waals surface area contributed by atoms with Crippen LogP contribution >= 0.6 is 12.4 Å². The van der Waals surface area contributed by atoms with Crippen molar-refractivity contribution in [2.75, 3.05) is 31.1 Å². The van der Waals surface area contributed by atoms with Gasteiger partial charge in [-0.2, -0.15) is 0 Å². The monoisotopic (exact) mass is 338 g/mol. The topological polar surface area (TPSA) is 101 Å². The summed E-state index contributed by atoms with van der Waals surface area (Å²) < 4.78 is 0. The average Bonchev–Trinajstić information content (AvgIpc) is 2.90. The number of nitrogens with one attached hydrogen (secondary N) is 1. The minimum atomic E-state index is -0.186. The van der Waals surface area contributed by atoms with Crippen molar-refractivity contribution >= 4 is 41.7 Å². The van der Waals surface area contributed by atoms with Gasteiger partial charge in [0, 0.05) is 43.5 Å². The van der Waals surface area contributed by atoms with Crippen molar-refractivity contribution in [3.8, 4) is 0 Å². The number of nitrogens with two attached hydrogens (primary N) is 2. The Morgan fingerprint density at radius 2 is 2.13 bits per heavy atom. The Morgan fingerprint density at radius 3 is 2.83 bits per heavy atom. The number of rotatable bonds is 6. The van der Waals surface area contributed by atoms with Gasteiger partial charge in [-0.3, -0.25) is 9.59 Å². The highest BCUT2D eigenvalue weighted by Gasteiger charge is 2.18. The zero-order valence-electron chi connectivity index (χ0n) is 13.0. The Bertz CT molecular complexity index is 589. The van der Waals surface area contributed by atoms with Gasteiger partial charge in [-0.05, 0) is 42.7 Å². The number of amides is 2. The lowest BCUT2D eigenvalue weighted by atomic mass is 10.1. The van der Waals surface area contributed by atoms with E-state index in [0.717, 1.165) is 24.9 Å². The van der Waals surface area contributed by atoms with E-state index in [0.29, 0.717) is 30.9 Å². The van der Waals surface area contributed by atoms with Gasteiger partial charge in [-0.1, -0.05) is 0 Å². The fraction of sp³-hybridized carbons (Fsp3) is 0.375. The van der Waals surface area contributed by atoms with E-state index in [4.69, 9.17) is 11.5 Å². The van der Waals surface area contributed by atoms with Crippen molar-refractivity contribution in [3.63, 3.8) is 0 Å². The van der Waals surface area contributed by atoms with Gasteiger partial charge in [-0.25, -0.2) is 0 Å². The quantitative estimate of drug-likeness (QED) is 0.414. The number of carbonyl (C=O) groups excluding carboxylic acids is 2. The number of halogens is 1. The van der Waals surface area contributed by atoms with Crippen LogP contribution in [0, 0.1) is 0 Å². The van der Waals surface area contributed by atoms with Crippen LogP contribution in [-0.4, -0.2) is 36.3 Å². The van der Waals surface area contributed by atoms with E-state index >= 15 is 0 Å². The zero-order valence-corrected chi connectivity index (χ0v) is 13.8. The fourth-order valence-electron chi connectivity index (χ4n) is 2.38. The van der Waals surface area contributed by atoms with Crippen LogP contribution in [-0.2, 0) is 9.59 Å². The highest BCUT2D eigenvalue weighted by Crippen LogP contribution is 2.16. The average molecular weight is 339 g/mol. The zero-order chi connectivity index (χ0) is 15.9. The summed E-state index contributed by atoms with van der Waals surface area (Å²) in [6.07, 6.45) is 5.43. The lowest BCUT2D eigenvalue weighted by molar-refractivity contribution is -0.127. The molecule has 1 saturated heterocycles. The molecule has 5 N–H and O–H groups in total. The molecular formula is C16H23ClN4O2. The number of hydrogen-bond donors (Lipinski definition) is 3. The second-order valence-corrected chi connectivity index (χ2v) is 5.35. The first-order valence-electron chi connectivity index (χ1n) is 7.45. The maximum absolute atomic E-state index is 11.7. The van der Waals surface area contributed by atoms with Crippen LogP contribution in [0.4, 0.5) is 11.4 Å². The van der Waals surface area contributed by atoms with Gasteiger partial charge in [0.25, 0.3) is 0 Å². The van der Waals surface area contributed by atoms with Crippen LogP contribution in [0.5, 0.6) is 0 Å². The maximum Gasteiger partial charge on any atom is 0.244 e. The van der Waals surface area contributed by atoms with E-state index in [-0.39, 0.29) is 24.2 Å². The summed E-state index contributed by atoms with van der Waals surface area (Å²) >= 11 is 0. The largest absolute Gasteiger partial charge is 0.399 e. The molecule has 1 fully saturated rings. The molecule has 0 spiro atoms. The molecule has 0 aromatic heterocycles. The predicted octanol–water partition coefficient (Wildman–Crippen LogP) is 1.41. The van der Waals surface area contributed by atoms with Crippen LogP contribution in [0.2, 0.25) is 0 Å². The predicted molar refractivity (Wildman–Crippen MR) is 95.0 cm³/mol. The van der Waals surface area contributed by atoms with Crippen molar-refractivity contribution in [1.82, 2.24) is 10.2 Å². The number of nitrogens with zero attached hydrogens (tertiary/aromatic N) is 1. The Balaban J connectivity index is 0.00000264.